The number of alkyl halides is 3. The van der Waals surface area contributed by atoms with Crippen LogP contribution in [0, 0.1) is 0 Å². The normalized spacial score (nSPS) is 11.6. The second-order valence-corrected chi connectivity index (χ2v) is 4.43. The topological polar surface area (TPSA) is 17.1 Å². The van der Waals surface area contributed by atoms with E-state index in [1.807, 2.05) is 0 Å². The summed E-state index contributed by atoms with van der Waals surface area (Å²) >= 11 is 8.85. The van der Waals surface area contributed by atoms with Crippen molar-refractivity contribution in [2.45, 2.75) is 19.0 Å². The van der Waals surface area contributed by atoms with Gasteiger partial charge >= 0.3 is 6.18 Å². The van der Waals surface area contributed by atoms with Crippen LogP contribution in [0.25, 0.3) is 0 Å². The zero-order valence-corrected chi connectivity index (χ0v) is 10.3. The molecule has 1 rings (SSSR count). The number of carbonyl (C=O) groups excluding carboxylic acids is 1. The standard InChI is InChI=1S/C10H7BrClF3O/c11-7-2-1-6(5-8(7)12)9(16)3-4-10(13,14)15/h1-2,5H,3-4H2. The maximum atomic E-state index is 11.9. The van der Waals surface area contributed by atoms with Crippen molar-refractivity contribution in [2.24, 2.45) is 0 Å². The van der Waals surface area contributed by atoms with Gasteiger partial charge in [-0.25, -0.2) is 0 Å². The SMILES string of the molecule is O=C(CCC(F)(F)F)c1ccc(Br)c(Cl)c1. The lowest BCUT2D eigenvalue weighted by Gasteiger charge is -2.06. The highest BCUT2D eigenvalue weighted by Crippen LogP contribution is 2.26. The molecule has 0 heterocycles. The van der Waals surface area contributed by atoms with Gasteiger partial charge in [-0.2, -0.15) is 13.2 Å². The van der Waals surface area contributed by atoms with Crippen LogP contribution in [-0.2, 0) is 0 Å². The van der Waals surface area contributed by atoms with Crippen molar-refractivity contribution in [3.05, 3.63) is 33.3 Å². The van der Waals surface area contributed by atoms with Gasteiger partial charge in [0.15, 0.2) is 5.78 Å². The molecule has 1 aromatic rings. The number of carbonyl (C=O) groups is 1. The lowest BCUT2D eigenvalue weighted by Crippen LogP contribution is -2.10. The Labute approximate surface area is 104 Å². The summed E-state index contributed by atoms with van der Waals surface area (Å²) in [4.78, 5) is 11.4. The molecule has 0 aromatic heterocycles. The smallest absolute Gasteiger partial charge is 0.294 e. The van der Waals surface area contributed by atoms with Gasteiger partial charge < -0.3 is 0 Å². The van der Waals surface area contributed by atoms with Crippen molar-refractivity contribution in [3.63, 3.8) is 0 Å². The molecule has 1 nitrogen and oxygen atoms in total. The molecule has 0 radical (unpaired) electrons. The first-order chi connectivity index (χ1) is 7.29. The number of rotatable bonds is 3. The Kier molecular flexibility index (Phi) is 4.38. The van der Waals surface area contributed by atoms with Crippen LogP contribution in [0.15, 0.2) is 22.7 Å². The molecule has 16 heavy (non-hydrogen) atoms. The van der Waals surface area contributed by atoms with Gasteiger partial charge in [-0.3, -0.25) is 4.79 Å². The van der Waals surface area contributed by atoms with Crippen LogP contribution in [0.2, 0.25) is 5.02 Å². The van der Waals surface area contributed by atoms with Gasteiger partial charge in [-0.1, -0.05) is 17.7 Å². The molecule has 0 saturated heterocycles. The molecule has 88 valence electrons. The van der Waals surface area contributed by atoms with Crippen LogP contribution in [-0.4, -0.2) is 12.0 Å². The molecule has 0 N–H and O–H groups in total. The van der Waals surface area contributed by atoms with Crippen LogP contribution in [0.4, 0.5) is 13.2 Å². The molecule has 0 spiro atoms. The summed E-state index contributed by atoms with van der Waals surface area (Å²) in [6.07, 6.45) is -5.98. The van der Waals surface area contributed by atoms with Crippen LogP contribution in [0.3, 0.4) is 0 Å². The molecule has 0 fully saturated rings. The van der Waals surface area contributed by atoms with Gasteiger partial charge in [-0.15, -0.1) is 0 Å². The fraction of sp³-hybridized carbons (Fsp3) is 0.300. The summed E-state index contributed by atoms with van der Waals surface area (Å²) in [5.41, 5.74) is 0.192. The van der Waals surface area contributed by atoms with Crippen molar-refractivity contribution in [3.8, 4) is 0 Å². The van der Waals surface area contributed by atoms with Crippen LogP contribution in [0.1, 0.15) is 23.2 Å². The van der Waals surface area contributed by atoms with E-state index in [2.05, 4.69) is 15.9 Å². The molecule has 0 unspecified atom stereocenters. The largest absolute Gasteiger partial charge is 0.389 e. The third kappa shape index (κ3) is 4.14. The highest BCUT2D eigenvalue weighted by atomic mass is 79.9. The maximum Gasteiger partial charge on any atom is 0.389 e. The summed E-state index contributed by atoms with van der Waals surface area (Å²) in [6.45, 7) is 0. The van der Waals surface area contributed by atoms with E-state index in [0.29, 0.717) is 9.50 Å². The molecule has 0 atom stereocenters. The fourth-order valence-electron chi connectivity index (χ4n) is 1.07. The minimum Gasteiger partial charge on any atom is -0.294 e. The second-order valence-electron chi connectivity index (χ2n) is 3.17. The minimum absolute atomic E-state index is 0.192. The molecule has 6 heteroatoms. The van der Waals surface area contributed by atoms with Crippen molar-refractivity contribution in [1.29, 1.82) is 0 Å². The Morgan fingerprint density at radius 1 is 1.38 bits per heavy atom. The molecule has 0 aliphatic rings. The Hall–Kier alpha value is -0.550. The molecule has 0 aliphatic carbocycles. The highest BCUT2D eigenvalue weighted by Gasteiger charge is 2.28. The molecular weight excluding hydrogens is 308 g/mol. The zero-order valence-electron chi connectivity index (χ0n) is 7.94. The van der Waals surface area contributed by atoms with Crippen molar-refractivity contribution < 1.29 is 18.0 Å². The minimum atomic E-state index is -4.31. The summed E-state index contributed by atoms with van der Waals surface area (Å²) < 4.78 is 36.3. The first-order valence-electron chi connectivity index (χ1n) is 4.34. The number of ketones is 1. The lowest BCUT2D eigenvalue weighted by atomic mass is 10.1. The predicted octanol–water partition coefficient (Wildman–Crippen LogP) is 4.63. The third-order valence-electron chi connectivity index (χ3n) is 1.88. The quantitative estimate of drug-likeness (QED) is 0.743. The number of Topliss-reactive ketones (excluding diaryl/α,β-unsaturated/α-hetero) is 1. The van der Waals surface area contributed by atoms with Crippen LogP contribution < -0.4 is 0 Å². The van der Waals surface area contributed by atoms with E-state index in [9.17, 15) is 18.0 Å². The first kappa shape index (κ1) is 13.5. The fourth-order valence-corrected chi connectivity index (χ4v) is 1.50. The first-order valence-corrected chi connectivity index (χ1v) is 5.52. The van der Waals surface area contributed by atoms with Gasteiger partial charge in [0, 0.05) is 16.5 Å². The number of halogens is 5. The van der Waals surface area contributed by atoms with Crippen LogP contribution in [0.5, 0.6) is 0 Å². The third-order valence-corrected chi connectivity index (χ3v) is 3.11. The molecular formula is C10H7BrClF3O. The monoisotopic (exact) mass is 314 g/mol. The zero-order chi connectivity index (χ0) is 12.3. The van der Waals surface area contributed by atoms with E-state index in [1.165, 1.54) is 18.2 Å². The Morgan fingerprint density at radius 2 is 2.00 bits per heavy atom. The average molecular weight is 316 g/mol. The number of benzene rings is 1. The van der Waals surface area contributed by atoms with E-state index < -0.39 is 24.8 Å². The molecule has 0 aliphatic heterocycles. The number of hydrogen-bond acceptors (Lipinski definition) is 1. The average Bonchev–Trinajstić information content (AvgIpc) is 2.17. The van der Waals surface area contributed by atoms with Crippen molar-refractivity contribution in [1.82, 2.24) is 0 Å². The number of hydrogen-bond donors (Lipinski definition) is 0. The van der Waals surface area contributed by atoms with Gasteiger partial charge in [0.05, 0.1) is 11.4 Å². The predicted molar refractivity (Wildman–Crippen MR) is 58.8 cm³/mol. The Balaban J connectivity index is 2.70. The molecule has 0 bridgehead atoms. The van der Waals surface area contributed by atoms with Crippen molar-refractivity contribution in [2.75, 3.05) is 0 Å². The second kappa shape index (κ2) is 5.19. The van der Waals surface area contributed by atoms with Gasteiger partial charge in [0.25, 0.3) is 0 Å². The van der Waals surface area contributed by atoms with Crippen molar-refractivity contribution >= 4 is 33.3 Å². The van der Waals surface area contributed by atoms with E-state index in [0.717, 1.165) is 0 Å². The molecule has 0 saturated carbocycles. The van der Waals surface area contributed by atoms with E-state index in [1.54, 1.807) is 0 Å². The van der Waals surface area contributed by atoms with E-state index >= 15 is 0 Å². The molecule has 0 amide bonds. The Bertz CT molecular complexity index is 404. The van der Waals surface area contributed by atoms with Gasteiger partial charge in [0.1, 0.15) is 0 Å². The maximum absolute atomic E-state index is 11.9. The van der Waals surface area contributed by atoms with E-state index in [-0.39, 0.29) is 5.56 Å². The summed E-state index contributed by atoms with van der Waals surface area (Å²) in [7, 11) is 0. The van der Waals surface area contributed by atoms with Gasteiger partial charge in [-0.05, 0) is 28.1 Å². The lowest BCUT2D eigenvalue weighted by molar-refractivity contribution is -0.133. The summed E-state index contributed by atoms with van der Waals surface area (Å²) in [6, 6.07) is 4.32. The highest BCUT2D eigenvalue weighted by molar-refractivity contribution is 9.10. The van der Waals surface area contributed by atoms with E-state index in [4.69, 9.17) is 11.6 Å². The summed E-state index contributed by atoms with van der Waals surface area (Å²) in [5, 5.41) is 0.304. The van der Waals surface area contributed by atoms with Gasteiger partial charge in [0.2, 0.25) is 0 Å². The molecule has 1 aromatic carbocycles. The summed E-state index contributed by atoms with van der Waals surface area (Å²) in [5.74, 6) is -0.563. The van der Waals surface area contributed by atoms with Crippen LogP contribution >= 0.6 is 27.5 Å². The Morgan fingerprint density at radius 3 is 2.50 bits per heavy atom.